The summed E-state index contributed by atoms with van der Waals surface area (Å²) >= 11 is 0. The molecule has 20 heavy (non-hydrogen) atoms. The molecule has 0 bridgehead atoms. The highest BCUT2D eigenvalue weighted by atomic mass is 16.5. The lowest BCUT2D eigenvalue weighted by Crippen LogP contribution is -2.33. The minimum atomic E-state index is 0.402. The fourth-order valence-corrected chi connectivity index (χ4v) is 2.54. The van der Waals surface area contributed by atoms with E-state index >= 15 is 0 Å². The summed E-state index contributed by atoms with van der Waals surface area (Å²) < 4.78 is 7.71. The van der Waals surface area contributed by atoms with Crippen LogP contribution < -0.4 is 10.6 Å². The van der Waals surface area contributed by atoms with Crippen LogP contribution in [0.5, 0.6) is 0 Å². The molecule has 1 aliphatic rings. The molecule has 0 saturated carbocycles. The molecule has 0 unspecified atom stereocenters. The maximum Gasteiger partial charge on any atom is 0.152 e. The fourth-order valence-electron chi connectivity index (χ4n) is 2.54. The molecule has 2 aromatic rings. The second kappa shape index (κ2) is 6.19. The van der Waals surface area contributed by atoms with Gasteiger partial charge < -0.3 is 15.4 Å². The van der Waals surface area contributed by atoms with Gasteiger partial charge in [0, 0.05) is 18.9 Å². The van der Waals surface area contributed by atoms with E-state index in [-0.39, 0.29) is 0 Å². The van der Waals surface area contributed by atoms with E-state index in [2.05, 4.69) is 20.7 Å². The molecular formula is C14H21N5O. The third kappa shape index (κ3) is 3.08. The molecule has 2 N–H and O–H groups in total. The first-order valence-electron chi connectivity index (χ1n) is 7.20. The van der Waals surface area contributed by atoms with Gasteiger partial charge in [-0.15, -0.1) is 0 Å². The normalized spacial score (nSPS) is 16.6. The number of nitrogens with zero attached hydrogens (tertiary/aromatic N) is 3. The van der Waals surface area contributed by atoms with E-state index in [9.17, 15) is 0 Å². The highest BCUT2D eigenvalue weighted by molar-refractivity contribution is 5.67. The Kier molecular flexibility index (Phi) is 4.13. The van der Waals surface area contributed by atoms with E-state index in [4.69, 9.17) is 4.74 Å². The van der Waals surface area contributed by atoms with Crippen LogP contribution in [-0.4, -0.2) is 46.9 Å². The molecule has 3 heterocycles. The van der Waals surface area contributed by atoms with Crippen LogP contribution in [0, 0.1) is 6.92 Å². The number of ether oxygens (including phenoxy) is 1. The molecule has 2 aromatic heterocycles. The maximum atomic E-state index is 5.87. The SMILES string of the molecule is Cc1cc2c(NCCOC3CCNCC3)nccn2n1. The van der Waals surface area contributed by atoms with Crippen LogP contribution >= 0.6 is 0 Å². The Balaban J connectivity index is 1.52. The van der Waals surface area contributed by atoms with Crippen molar-refractivity contribution in [1.29, 1.82) is 0 Å². The Morgan fingerprint density at radius 3 is 3.15 bits per heavy atom. The van der Waals surface area contributed by atoms with Crippen LogP contribution in [0.2, 0.25) is 0 Å². The molecule has 6 nitrogen and oxygen atoms in total. The van der Waals surface area contributed by atoms with Crippen LogP contribution in [0.4, 0.5) is 5.82 Å². The summed E-state index contributed by atoms with van der Waals surface area (Å²) in [5.41, 5.74) is 2.00. The van der Waals surface area contributed by atoms with Gasteiger partial charge in [0.05, 0.1) is 18.4 Å². The van der Waals surface area contributed by atoms with Gasteiger partial charge in [0.25, 0.3) is 0 Å². The van der Waals surface area contributed by atoms with Crippen molar-refractivity contribution in [1.82, 2.24) is 19.9 Å². The van der Waals surface area contributed by atoms with Crippen LogP contribution in [0.1, 0.15) is 18.5 Å². The van der Waals surface area contributed by atoms with Gasteiger partial charge in [-0.25, -0.2) is 9.50 Å². The number of aryl methyl sites for hydroxylation is 1. The number of hydrogen-bond donors (Lipinski definition) is 2. The van der Waals surface area contributed by atoms with Crippen molar-refractivity contribution in [3.8, 4) is 0 Å². The number of anilines is 1. The maximum absolute atomic E-state index is 5.87. The smallest absolute Gasteiger partial charge is 0.152 e. The van der Waals surface area contributed by atoms with E-state index in [1.165, 1.54) is 0 Å². The number of fused-ring (bicyclic) bond motifs is 1. The number of piperidine rings is 1. The summed E-state index contributed by atoms with van der Waals surface area (Å²) in [5, 5.41) is 11.0. The van der Waals surface area contributed by atoms with Crippen molar-refractivity contribution in [2.75, 3.05) is 31.6 Å². The van der Waals surface area contributed by atoms with Gasteiger partial charge in [-0.05, 0) is 38.9 Å². The summed E-state index contributed by atoms with van der Waals surface area (Å²) in [6.07, 6.45) is 6.23. The quantitative estimate of drug-likeness (QED) is 0.803. The molecule has 0 aliphatic carbocycles. The summed E-state index contributed by atoms with van der Waals surface area (Å²) in [6, 6.07) is 2.03. The van der Waals surface area contributed by atoms with Gasteiger partial charge in [0.1, 0.15) is 5.52 Å². The Morgan fingerprint density at radius 2 is 2.30 bits per heavy atom. The fraction of sp³-hybridized carbons (Fsp3) is 0.571. The molecule has 1 aliphatic heterocycles. The molecule has 108 valence electrons. The average Bonchev–Trinajstić information content (AvgIpc) is 2.86. The van der Waals surface area contributed by atoms with E-state index < -0.39 is 0 Å². The topological polar surface area (TPSA) is 63.5 Å². The van der Waals surface area contributed by atoms with E-state index in [0.29, 0.717) is 12.7 Å². The molecule has 1 saturated heterocycles. The lowest BCUT2D eigenvalue weighted by atomic mass is 10.1. The second-order valence-corrected chi connectivity index (χ2v) is 5.14. The Hall–Kier alpha value is -1.66. The van der Waals surface area contributed by atoms with Crippen LogP contribution in [0.15, 0.2) is 18.5 Å². The van der Waals surface area contributed by atoms with Gasteiger partial charge in [-0.2, -0.15) is 5.10 Å². The van der Waals surface area contributed by atoms with Crippen LogP contribution in [-0.2, 0) is 4.74 Å². The molecule has 0 spiro atoms. The first-order chi connectivity index (χ1) is 9.83. The molecule has 6 heteroatoms. The first kappa shape index (κ1) is 13.3. The van der Waals surface area contributed by atoms with Crippen molar-refractivity contribution in [3.05, 3.63) is 24.2 Å². The standard InChI is InChI=1S/C14H21N5O/c1-11-10-13-14(16-6-8-19(13)18-11)17-7-9-20-12-2-4-15-5-3-12/h6,8,10,12,15H,2-5,7,9H2,1H3,(H,16,17). The average molecular weight is 275 g/mol. The van der Waals surface area contributed by atoms with Crippen molar-refractivity contribution in [2.24, 2.45) is 0 Å². The van der Waals surface area contributed by atoms with Crippen LogP contribution in [0.25, 0.3) is 5.52 Å². The van der Waals surface area contributed by atoms with Crippen molar-refractivity contribution < 1.29 is 4.74 Å². The summed E-state index contributed by atoms with van der Waals surface area (Å²) in [7, 11) is 0. The van der Waals surface area contributed by atoms with Crippen molar-refractivity contribution in [2.45, 2.75) is 25.9 Å². The van der Waals surface area contributed by atoms with Crippen molar-refractivity contribution >= 4 is 11.3 Å². The summed E-state index contributed by atoms with van der Waals surface area (Å²) in [4.78, 5) is 4.37. The molecular weight excluding hydrogens is 254 g/mol. The highest BCUT2D eigenvalue weighted by Gasteiger charge is 2.12. The zero-order valence-corrected chi connectivity index (χ0v) is 11.8. The largest absolute Gasteiger partial charge is 0.376 e. The third-order valence-corrected chi connectivity index (χ3v) is 3.55. The predicted molar refractivity (Wildman–Crippen MR) is 78.1 cm³/mol. The molecule has 0 atom stereocenters. The summed E-state index contributed by atoms with van der Waals surface area (Å²) in [6.45, 7) is 5.58. The molecule has 3 rings (SSSR count). The Morgan fingerprint density at radius 1 is 1.45 bits per heavy atom. The second-order valence-electron chi connectivity index (χ2n) is 5.14. The van der Waals surface area contributed by atoms with Crippen LogP contribution in [0.3, 0.4) is 0 Å². The zero-order chi connectivity index (χ0) is 13.8. The zero-order valence-electron chi connectivity index (χ0n) is 11.8. The first-order valence-corrected chi connectivity index (χ1v) is 7.20. The number of hydrogen-bond acceptors (Lipinski definition) is 5. The Labute approximate surface area is 118 Å². The summed E-state index contributed by atoms with van der Waals surface area (Å²) in [5.74, 6) is 0.863. The molecule has 1 fully saturated rings. The number of aromatic nitrogens is 3. The monoisotopic (exact) mass is 275 g/mol. The van der Waals surface area contributed by atoms with Gasteiger partial charge in [-0.3, -0.25) is 0 Å². The van der Waals surface area contributed by atoms with Gasteiger partial charge in [0.15, 0.2) is 5.82 Å². The predicted octanol–water partition coefficient (Wildman–Crippen LogP) is 1.22. The molecule has 0 aromatic carbocycles. The van der Waals surface area contributed by atoms with Gasteiger partial charge >= 0.3 is 0 Å². The van der Waals surface area contributed by atoms with E-state index in [0.717, 1.165) is 49.5 Å². The lowest BCUT2D eigenvalue weighted by molar-refractivity contribution is 0.0394. The number of nitrogens with one attached hydrogen (secondary N) is 2. The lowest BCUT2D eigenvalue weighted by Gasteiger charge is -2.23. The van der Waals surface area contributed by atoms with Gasteiger partial charge in [0.2, 0.25) is 0 Å². The Bertz CT molecular complexity index is 562. The van der Waals surface area contributed by atoms with E-state index in [1.807, 2.05) is 23.7 Å². The van der Waals surface area contributed by atoms with Gasteiger partial charge in [-0.1, -0.05) is 0 Å². The van der Waals surface area contributed by atoms with E-state index in [1.54, 1.807) is 6.20 Å². The highest BCUT2D eigenvalue weighted by Crippen LogP contribution is 2.14. The minimum absolute atomic E-state index is 0.402. The molecule has 0 radical (unpaired) electrons. The minimum Gasteiger partial charge on any atom is -0.376 e. The molecule has 0 amide bonds. The third-order valence-electron chi connectivity index (χ3n) is 3.55. The number of rotatable bonds is 5. The van der Waals surface area contributed by atoms with Crippen molar-refractivity contribution in [3.63, 3.8) is 0 Å².